The van der Waals surface area contributed by atoms with Crippen LogP contribution in [0.4, 0.5) is 25.0 Å². The van der Waals surface area contributed by atoms with Crippen LogP contribution in [0.25, 0.3) is 22.7 Å². The smallest absolute Gasteiger partial charge is 0.425 e. The van der Waals surface area contributed by atoms with Crippen molar-refractivity contribution in [3.05, 3.63) is 46.7 Å². The molecule has 4 rings (SSSR count). The molecule has 53 heavy (non-hydrogen) atoms. The van der Waals surface area contributed by atoms with E-state index in [1.807, 2.05) is 12.1 Å². The molecular weight excluding hydrogens is 752 g/mol. The van der Waals surface area contributed by atoms with Crippen LogP contribution in [0.2, 0.25) is 0 Å². The van der Waals surface area contributed by atoms with Crippen molar-refractivity contribution in [2.75, 3.05) is 24.5 Å². The van der Waals surface area contributed by atoms with Crippen LogP contribution >= 0.6 is 15.9 Å². The molecule has 1 saturated heterocycles. The van der Waals surface area contributed by atoms with Gasteiger partial charge in [0.2, 0.25) is 0 Å². The first-order valence-electron chi connectivity index (χ1n) is 17.1. The lowest BCUT2D eigenvalue weighted by Gasteiger charge is -2.42. The SMILES string of the molecule is CC(C)(C)OC(=O)N1CCN(C(=O)OC(C)(C)C)C(c2ccc(-c3cc(-c4nc(Br)cnc4N(C(=O)OC(C)(C)C)C(=O)OC(C)(C)C)on3)cc2)C1. The van der Waals surface area contributed by atoms with E-state index in [4.69, 9.17) is 23.5 Å². The molecule has 0 spiro atoms. The minimum Gasteiger partial charge on any atom is -0.444 e. The summed E-state index contributed by atoms with van der Waals surface area (Å²) in [5, 5.41) is 4.23. The summed E-state index contributed by atoms with van der Waals surface area (Å²) in [7, 11) is 0. The van der Waals surface area contributed by atoms with Gasteiger partial charge >= 0.3 is 24.4 Å². The van der Waals surface area contributed by atoms with E-state index < -0.39 is 52.8 Å². The average Bonchev–Trinajstić information content (AvgIpc) is 3.48. The summed E-state index contributed by atoms with van der Waals surface area (Å²) in [4.78, 5) is 65.8. The Labute approximate surface area is 318 Å². The maximum atomic E-state index is 13.4. The molecule has 0 N–H and O–H groups in total. The van der Waals surface area contributed by atoms with Gasteiger partial charge in [-0.3, -0.25) is 4.90 Å². The number of hydrogen-bond acceptors (Lipinski definition) is 12. The van der Waals surface area contributed by atoms with E-state index in [0.717, 1.165) is 5.56 Å². The van der Waals surface area contributed by atoms with Crippen LogP contribution in [-0.2, 0) is 18.9 Å². The number of carbonyl (C=O) groups is 4. The number of halogens is 1. The Morgan fingerprint density at radius 1 is 0.774 bits per heavy atom. The lowest BCUT2D eigenvalue weighted by atomic mass is 10.00. The molecule has 1 aliphatic heterocycles. The first kappa shape index (κ1) is 41.0. The van der Waals surface area contributed by atoms with Gasteiger partial charge in [-0.15, -0.1) is 0 Å². The molecule has 1 fully saturated rings. The number of piperazine rings is 1. The van der Waals surface area contributed by atoms with E-state index >= 15 is 0 Å². The van der Waals surface area contributed by atoms with Crippen molar-refractivity contribution >= 4 is 46.1 Å². The molecule has 0 radical (unpaired) electrons. The van der Waals surface area contributed by atoms with Gasteiger partial charge in [0.1, 0.15) is 32.7 Å². The van der Waals surface area contributed by atoms with Crippen LogP contribution in [0.15, 0.2) is 45.7 Å². The molecule has 15 nitrogen and oxygen atoms in total. The van der Waals surface area contributed by atoms with Crippen molar-refractivity contribution in [1.82, 2.24) is 24.9 Å². The molecular formula is C37H49BrN6O9. The molecule has 288 valence electrons. The lowest BCUT2D eigenvalue weighted by Crippen LogP contribution is -2.54. The standard InChI is InChI=1S/C37H49BrN6O9/c1-34(2,3)49-30(45)42-17-18-43(31(46)50-35(4,5)6)25(21-42)23-15-13-22(14-16-23)24-19-26(53-41-24)28-29(39-20-27(38)40-28)44(32(47)51-36(7,8)9)33(48)52-37(10,11)12/h13-16,19-20,25H,17-18,21H2,1-12H3. The number of carbonyl (C=O) groups excluding carboxylic acids is 4. The topological polar surface area (TPSA) is 167 Å². The molecule has 3 heterocycles. The van der Waals surface area contributed by atoms with E-state index in [1.54, 1.807) is 111 Å². The van der Waals surface area contributed by atoms with Crippen LogP contribution in [0.3, 0.4) is 0 Å². The molecule has 4 amide bonds. The number of ether oxygens (including phenoxy) is 4. The number of amides is 4. The highest BCUT2D eigenvalue weighted by molar-refractivity contribution is 9.10. The molecule has 0 saturated carbocycles. The Morgan fingerprint density at radius 2 is 1.30 bits per heavy atom. The molecule has 16 heteroatoms. The first-order valence-corrected chi connectivity index (χ1v) is 17.9. The summed E-state index contributed by atoms with van der Waals surface area (Å²) in [6.45, 7) is 21.5. The van der Waals surface area contributed by atoms with Gasteiger partial charge in [-0.1, -0.05) is 29.4 Å². The predicted molar refractivity (Wildman–Crippen MR) is 199 cm³/mol. The second kappa shape index (κ2) is 15.3. The van der Waals surface area contributed by atoms with Gasteiger partial charge in [0.05, 0.1) is 12.2 Å². The molecule has 1 aliphatic rings. The molecule has 1 atom stereocenters. The maximum Gasteiger partial charge on any atom is 0.425 e. The fourth-order valence-electron chi connectivity index (χ4n) is 5.05. The second-order valence-corrected chi connectivity index (χ2v) is 17.3. The van der Waals surface area contributed by atoms with Crippen LogP contribution < -0.4 is 4.90 Å². The zero-order valence-corrected chi connectivity index (χ0v) is 34.0. The molecule has 1 aromatic carbocycles. The van der Waals surface area contributed by atoms with Crippen molar-refractivity contribution < 1.29 is 42.6 Å². The van der Waals surface area contributed by atoms with Crippen molar-refractivity contribution in [3.63, 3.8) is 0 Å². The lowest BCUT2D eigenvalue weighted by molar-refractivity contribution is -0.0152. The van der Waals surface area contributed by atoms with Crippen molar-refractivity contribution in [1.29, 1.82) is 0 Å². The number of benzene rings is 1. The monoisotopic (exact) mass is 800 g/mol. The van der Waals surface area contributed by atoms with Gasteiger partial charge in [-0.2, -0.15) is 4.90 Å². The summed E-state index contributed by atoms with van der Waals surface area (Å²) in [6, 6.07) is 8.34. The van der Waals surface area contributed by atoms with Gasteiger partial charge < -0.3 is 28.4 Å². The normalized spacial score (nSPS) is 15.5. The summed E-state index contributed by atoms with van der Waals surface area (Å²) in [5.41, 5.74) is -1.46. The summed E-state index contributed by atoms with van der Waals surface area (Å²) >= 11 is 3.31. The minimum absolute atomic E-state index is 0.0175. The molecule has 0 aliphatic carbocycles. The zero-order valence-electron chi connectivity index (χ0n) is 32.4. The molecule has 0 bridgehead atoms. The third-order valence-corrected chi connectivity index (χ3v) is 7.46. The van der Waals surface area contributed by atoms with E-state index in [2.05, 4.69) is 31.1 Å². The number of anilines is 1. The van der Waals surface area contributed by atoms with Crippen LogP contribution in [0, 0.1) is 0 Å². The van der Waals surface area contributed by atoms with Crippen LogP contribution in [0.5, 0.6) is 0 Å². The third-order valence-electron chi connectivity index (χ3n) is 7.08. The van der Waals surface area contributed by atoms with Crippen molar-refractivity contribution in [3.8, 4) is 22.7 Å². The predicted octanol–water partition coefficient (Wildman–Crippen LogP) is 8.77. The van der Waals surface area contributed by atoms with Crippen molar-refractivity contribution in [2.24, 2.45) is 0 Å². The minimum atomic E-state index is -1.02. The highest BCUT2D eigenvalue weighted by atomic mass is 79.9. The van der Waals surface area contributed by atoms with Crippen LogP contribution in [0.1, 0.15) is 94.7 Å². The Kier molecular flexibility index (Phi) is 11.9. The fraction of sp³-hybridized carbons (Fsp3) is 0.541. The number of aromatic nitrogens is 3. The van der Waals surface area contributed by atoms with Gasteiger partial charge in [0, 0.05) is 31.3 Å². The van der Waals surface area contributed by atoms with E-state index in [9.17, 15) is 19.2 Å². The van der Waals surface area contributed by atoms with Gasteiger partial charge in [0.25, 0.3) is 0 Å². The van der Waals surface area contributed by atoms with E-state index in [1.165, 1.54) is 6.20 Å². The summed E-state index contributed by atoms with van der Waals surface area (Å²) in [6.07, 6.45) is -1.67. The molecule has 1 unspecified atom stereocenters. The number of nitrogens with zero attached hydrogens (tertiary/aromatic N) is 6. The summed E-state index contributed by atoms with van der Waals surface area (Å²) < 4.78 is 28.4. The Balaban J connectivity index is 1.68. The maximum absolute atomic E-state index is 13.4. The molecule has 3 aromatic rings. The Hall–Kier alpha value is -4.73. The highest BCUT2D eigenvalue weighted by Gasteiger charge is 2.39. The Morgan fingerprint density at radius 3 is 1.83 bits per heavy atom. The highest BCUT2D eigenvalue weighted by Crippen LogP contribution is 2.35. The zero-order chi connectivity index (χ0) is 39.7. The van der Waals surface area contributed by atoms with Gasteiger partial charge in [-0.25, -0.2) is 29.1 Å². The number of imide groups is 1. The summed E-state index contributed by atoms with van der Waals surface area (Å²) in [5.74, 6) is -0.0924. The van der Waals surface area contributed by atoms with E-state index in [0.29, 0.717) is 20.8 Å². The largest absolute Gasteiger partial charge is 0.444 e. The fourth-order valence-corrected chi connectivity index (χ4v) is 5.33. The van der Waals surface area contributed by atoms with Gasteiger partial charge in [-0.05, 0) is 105 Å². The Bertz CT molecular complexity index is 1790. The average molecular weight is 802 g/mol. The van der Waals surface area contributed by atoms with Gasteiger partial charge in [0.15, 0.2) is 17.3 Å². The number of hydrogen-bond donors (Lipinski definition) is 0. The second-order valence-electron chi connectivity index (χ2n) is 16.5. The third kappa shape index (κ3) is 11.4. The number of rotatable bonds is 4. The van der Waals surface area contributed by atoms with Crippen LogP contribution in [-0.4, -0.2) is 91.3 Å². The van der Waals surface area contributed by atoms with Crippen molar-refractivity contribution in [2.45, 2.75) is 112 Å². The molecule has 2 aromatic heterocycles. The quantitative estimate of drug-likeness (QED) is 0.231. The van der Waals surface area contributed by atoms with E-state index in [-0.39, 0.29) is 36.9 Å². The first-order chi connectivity index (χ1) is 24.3.